The van der Waals surface area contributed by atoms with Gasteiger partial charge in [0.05, 0.1) is 6.17 Å². The van der Waals surface area contributed by atoms with Crippen LogP contribution in [0.15, 0.2) is 0 Å². The Morgan fingerprint density at radius 2 is 1.53 bits per heavy atom. The third-order valence-electron chi connectivity index (χ3n) is 2.70. The molecule has 0 aromatic carbocycles. The van der Waals surface area contributed by atoms with Gasteiger partial charge in [-0.3, -0.25) is 4.90 Å². The predicted octanol–water partition coefficient (Wildman–Crippen LogP) is -2.45. The molecule has 6 nitrogen and oxygen atoms in total. The van der Waals surface area contributed by atoms with Crippen LogP contribution in [-0.2, 0) is 0 Å². The smallest absolute Gasteiger partial charge is 0.0701 e. The van der Waals surface area contributed by atoms with Gasteiger partial charge in [0, 0.05) is 37.8 Å². The molecule has 0 fully saturated rings. The molecule has 0 aromatic heterocycles. The number of hydrogen-bond donors (Lipinski definition) is 5. The summed E-state index contributed by atoms with van der Waals surface area (Å²) in [5.41, 5.74) is 28.6. The number of nitrogens with two attached hydrogens (primary N) is 5. The van der Waals surface area contributed by atoms with Crippen LogP contribution in [0.4, 0.5) is 0 Å². The van der Waals surface area contributed by atoms with E-state index in [1.807, 2.05) is 18.7 Å². The lowest BCUT2D eigenvalue weighted by atomic mass is 10.1. The van der Waals surface area contributed by atoms with Crippen LogP contribution < -0.4 is 28.7 Å². The maximum absolute atomic E-state index is 5.91. The molecule has 0 heterocycles. The molecule has 0 amide bonds. The maximum atomic E-state index is 5.91. The van der Waals surface area contributed by atoms with Crippen LogP contribution in [0.5, 0.6) is 0 Å². The number of nitrogens with zero attached hydrogens (tertiary/aromatic N) is 1. The molecule has 4 atom stereocenters. The lowest BCUT2D eigenvalue weighted by Gasteiger charge is -2.37. The Hall–Kier alpha value is -0.240. The highest BCUT2D eigenvalue weighted by molar-refractivity contribution is 4.82. The third kappa shape index (κ3) is 4.87. The van der Waals surface area contributed by atoms with E-state index in [4.69, 9.17) is 28.7 Å². The molecule has 6 heteroatoms. The van der Waals surface area contributed by atoms with Crippen molar-refractivity contribution in [1.29, 1.82) is 0 Å². The molecule has 0 spiro atoms. The molecule has 0 saturated carbocycles. The zero-order valence-corrected chi connectivity index (χ0v) is 9.76. The fourth-order valence-corrected chi connectivity index (χ4v) is 1.39. The molecule has 92 valence electrons. The van der Waals surface area contributed by atoms with Gasteiger partial charge in [0.25, 0.3) is 0 Å². The van der Waals surface area contributed by atoms with E-state index in [9.17, 15) is 0 Å². The van der Waals surface area contributed by atoms with E-state index < -0.39 is 0 Å². The Labute approximate surface area is 92.1 Å². The summed E-state index contributed by atoms with van der Waals surface area (Å²) in [6.07, 6.45) is -0.219. The van der Waals surface area contributed by atoms with E-state index in [1.165, 1.54) is 0 Å². The monoisotopic (exact) mass is 218 g/mol. The Kier molecular flexibility index (Phi) is 6.99. The van der Waals surface area contributed by atoms with Crippen LogP contribution in [-0.4, -0.2) is 48.8 Å². The molecule has 4 unspecified atom stereocenters. The first-order valence-corrected chi connectivity index (χ1v) is 5.36. The zero-order valence-electron chi connectivity index (χ0n) is 9.76. The molecular formula is C9H26N6. The van der Waals surface area contributed by atoms with E-state index in [-0.39, 0.29) is 24.3 Å². The molecule has 0 bridgehead atoms. The van der Waals surface area contributed by atoms with Crippen molar-refractivity contribution < 1.29 is 0 Å². The van der Waals surface area contributed by atoms with E-state index in [1.54, 1.807) is 0 Å². The molecule has 0 aliphatic carbocycles. The summed E-state index contributed by atoms with van der Waals surface area (Å²) < 4.78 is 0. The van der Waals surface area contributed by atoms with Crippen LogP contribution in [0.2, 0.25) is 0 Å². The van der Waals surface area contributed by atoms with Gasteiger partial charge in [-0.25, -0.2) is 0 Å². The quantitative estimate of drug-likeness (QED) is 0.301. The molecule has 15 heavy (non-hydrogen) atoms. The van der Waals surface area contributed by atoms with Crippen LogP contribution in [0.1, 0.15) is 13.8 Å². The van der Waals surface area contributed by atoms with Gasteiger partial charge in [0.2, 0.25) is 0 Å². The fourth-order valence-electron chi connectivity index (χ4n) is 1.39. The van der Waals surface area contributed by atoms with Crippen molar-refractivity contribution in [3.05, 3.63) is 0 Å². The lowest BCUT2D eigenvalue weighted by molar-refractivity contribution is 0.127. The van der Waals surface area contributed by atoms with Crippen molar-refractivity contribution in [2.24, 2.45) is 28.7 Å². The highest BCUT2D eigenvalue weighted by Crippen LogP contribution is 2.05. The first-order valence-electron chi connectivity index (χ1n) is 5.36. The SMILES string of the molecule is CC(N)C(C)N(CC(N)CN)C(N)CN. The summed E-state index contributed by atoms with van der Waals surface area (Å²) in [5.74, 6) is 0. The summed E-state index contributed by atoms with van der Waals surface area (Å²) in [4.78, 5) is 2.02. The van der Waals surface area contributed by atoms with Crippen LogP contribution in [0, 0.1) is 0 Å². The van der Waals surface area contributed by atoms with Gasteiger partial charge in [0.15, 0.2) is 0 Å². The molecule has 0 saturated heterocycles. The molecule has 0 radical (unpaired) electrons. The first-order chi connectivity index (χ1) is 6.93. The second kappa shape index (κ2) is 7.10. The van der Waals surface area contributed by atoms with Crippen molar-refractivity contribution in [3.8, 4) is 0 Å². The maximum Gasteiger partial charge on any atom is 0.0701 e. The van der Waals surface area contributed by atoms with Gasteiger partial charge in [-0.2, -0.15) is 0 Å². The summed E-state index contributed by atoms with van der Waals surface area (Å²) >= 11 is 0. The summed E-state index contributed by atoms with van der Waals surface area (Å²) in [5, 5.41) is 0. The van der Waals surface area contributed by atoms with Gasteiger partial charge < -0.3 is 28.7 Å². The average molecular weight is 218 g/mol. The minimum absolute atomic E-state index is 0.0209. The van der Waals surface area contributed by atoms with Crippen molar-refractivity contribution in [3.63, 3.8) is 0 Å². The van der Waals surface area contributed by atoms with Crippen molar-refractivity contribution in [2.45, 2.75) is 38.1 Å². The topological polar surface area (TPSA) is 133 Å². The summed E-state index contributed by atoms with van der Waals surface area (Å²) in [7, 11) is 0. The molecule has 0 aromatic rings. The van der Waals surface area contributed by atoms with Gasteiger partial charge >= 0.3 is 0 Å². The Morgan fingerprint density at radius 1 is 1.00 bits per heavy atom. The molecule has 10 N–H and O–H groups in total. The molecule has 0 aliphatic heterocycles. The van der Waals surface area contributed by atoms with E-state index >= 15 is 0 Å². The Balaban J connectivity index is 4.43. The highest BCUT2D eigenvalue weighted by Gasteiger charge is 2.23. The summed E-state index contributed by atoms with van der Waals surface area (Å²) in [6.45, 7) is 5.39. The average Bonchev–Trinajstić information content (AvgIpc) is 2.23. The van der Waals surface area contributed by atoms with E-state index in [0.29, 0.717) is 19.6 Å². The first kappa shape index (κ1) is 14.8. The van der Waals surface area contributed by atoms with Gasteiger partial charge in [-0.05, 0) is 13.8 Å². The fraction of sp³-hybridized carbons (Fsp3) is 1.00. The predicted molar refractivity (Wildman–Crippen MR) is 63.9 cm³/mol. The molecule has 0 rings (SSSR count). The summed E-state index contributed by atoms with van der Waals surface area (Å²) in [6, 6.07) is 0.0672. The largest absolute Gasteiger partial charge is 0.329 e. The third-order valence-corrected chi connectivity index (χ3v) is 2.70. The van der Waals surface area contributed by atoms with Gasteiger partial charge in [0.1, 0.15) is 0 Å². The minimum atomic E-state index is -0.219. The van der Waals surface area contributed by atoms with Crippen LogP contribution in [0.3, 0.4) is 0 Å². The zero-order chi connectivity index (χ0) is 12.0. The Bertz CT molecular complexity index is 163. The Morgan fingerprint density at radius 3 is 1.87 bits per heavy atom. The van der Waals surface area contributed by atoms with Crippen LogP contribution >= 0.6 is 0 Å². The van der Waals surface area contributed by atoms with Crippen molar-refractivity contribution >= 4 is 0 Å². The van der Waals surface area contributed by atoms with E-state index in [0.717, 1.165) is 0 Å². The van der Waals surface area contributed by atoms with Gasteiger partial charge in [-0.1, -0.05) is 0 Å². The second-order valence-electron chi connectivity index (χ2n) is 4.10. The lowest BCUT2D eigenvalue weighted by Crippen LogP contribution is -2.59. The normalized spacial score (nSPS) is 20.0. The van der Waals surface area contributed by atoms with Crippen molar-refractivity contribution in [2.75, 3.05) is 19.6 Å². The molecule has 0 aliphatic rings. The number of hydrogen-bond acceptors (Lipinski definition) is 6. The second-order valence-corrected chi connectivity index (χ2v) is 4.10. The van der Waals surface area contributed by atoms with Gasteiger partial charge in [-0.15, -0.1) is 0 Å². The standard InChI is InChI=1S/C9H26N6/c1-6(12)7(2)15(9(14)4-11)5-8(13)3-10/h6-9H,3-5,10-14H2,1-2H3. The minimum Gasteiger partial charge on any atom is -0.329 e. The highest BCUT2D eigenvalue weighted by atomic mass is 15.3. The van der Waals surface area contributed by atoms with Crippen LogP contribution in [0.25, 0.3) is 0 Å². The number of rotatable bonds is 7. The van der Waals surface area contributed by atoms with E-state index in [2.05, 4.69) is 0 Å². The van der Waals surface area contributed by atoms with Crippen molar-refractivity contribution in [1.82, 2.24) is 4.90 Å². The molecular weight excluding hydrogens is 192 g/mol.